The van der Waals surface area contributed by atoms with Crippen LogP contribution in [-0.2, 0) is 16.5 Å². The minimum atomic E-state index is -4.56. The van der Waals surface area contributed by atoms with Crippen molar-refractivity contribution in [2.45, 2.75) is 69.6 Å². The summed E-state index contributed by atoms with van der Waals surface area (Å²) in [6, 6.07) is 11.4. The molecule has 2 rings (SSSR count). The van der Waals surface area contributed by atoms with Gasteiger partial charge in [-0.1, -0.05) is 75.8 Å². The second-order valence-corrected chi connectivity index (χ2v) is 8.41. The maximum Gasteiger partial charge on any atom is 1.00 e. The second kappa shape index (κ2) is 13.8. The largest absolute Gasteiger partial charge is 1.00 e. The van der Waals surface area contributed by atoms with E-state index in [2.05, 4.69) is 6.92 Å². The Morgan fingerprint density at radius 1 is 0.931 bits per heavy atom. The zero-order valence-electron chi connectivity index (χ0n) is 17.4. The fraction of sp³-hybridized carbons (Fsp3) is 0.455. The Morgan fingerprint density at radius 3 is 2.10 bits per heavy atom. The summed E-state index contributed by atoms with van der Waals surface area (Å²) in [6.07, 6.45) is 9.82. The Morgan fingerprint density at radius 2 is 1.52 bits per heavy atom. The van der Waals surface area contributed by atoms with E-state index in [1.165, 1.54) is 38.2 Å². The summed E-state index contributed by atoms with van der Waals surface area (Å²) in [5.74, 6) is 0.137. The van der Waals surface area contributed by atoms with Crippen LogP contribution in [0, 0.1) is 0 Å². The number of aryl methyl sites for hydroxylation is 1. The van der Waals surface area contributed by atoms with Gasteiger partial charge in [-0.15, -0.1) is 0 Å². The van der Waals surface area contributed by atoms with Gasteiger partial charge >= 0.3 is 51.4 Å². The maximum absolute atomic E-state index is 12.1. The second-order valence-electron chi connectivity index (χ2n) is 7.02. The number of para-hydroxylation sites is 1. The third-order valence-electron chi connectivity index (χ3n) is 4.68. The van der Waals surface area contributed by atoms with Gasteiger partial charge in [0.1, 0.15) is 11.5 Å². The number of benzene rings is 2. The molecule has 5 nitrogen and oxygen atoms in total. The molecule has 0 saturated carbocycles. The standard InChI is InChI=1S/C22H30O5S.K/c1-2-3-4-5-6-7-8-10-13-18-16-22(28(24,25)26)20(23)17-21(18)27-19-14-11-9-12-15-19;/h9,11-12,14-17,23H,2-8,10,13H2,1H3,(H,24,25,26);/q;+1/p-1. The van der Waals surface area contributed by atoms with Crippen molar-refractivity contribution in [1.29, 1.82) is 0 Å². The first-order chi connectivity index (χ1) is 13.4. The molecular weight excluding hydrogens is 415 g/mol. The fourth-order valence-corrected chi connectivity index (χ4v) is 3.74. The summed E-state index contributed by atoms with van der Waals surface area (Å²) in [4.78, 5) is -0.595. The van der Waals surface area contributed by atoms with Crippen molar-refractivity contribution >= 4 is 10.1 Å². The van der Waals surface area contributed by atoms with Crippen molar-refractivity contribution in [3.63, 3.8) is 0 Å². The van der Waals surface area contributed by atoms with Gasteiger partial charge in [-0.3, -0.25) is 4.55 Å². The molecule has 0 unspecified atom stereocenters. The van der Waals surface area contributed by atoms with E-state index in [1.54, 1.807) is 12.1 Å². The van der Waals surface area contributed by atoms with Gasteiger partial charge in [0, 0.05) is 0 Å². The van der Waals surface area contributed by atoms with Crippen LogP contribution < -0.4 is 61.2 Å². The zero-order valence-corrected chi connectivity index (χ0v) is 21.3. The summed E-state index contributed by atoms with van der Waals surface area (Å²) in [5, 5.41) is 12.1. The van der Waals surface area contributed by atoms with Crippen LogP contribution in [0.3, 0.4) is 0 Å². The van der Waals surface area contributed by atoms with Crippen molar-refractivity contribution in [3.8, 4) is 17.2 Å². The summed E-state index contributed by atoms with van der Waals surface area (Å²) < 4.78 is 38.1. The van der Waals surface area contributed by atoms with Gasteiger partial charge in [0.05, 0.1) is 4.90 Å². The van der Waals surface area contributed by atoms with Crippen LogP contribution in [0.25, 0.3) is 0 Å². The molecule has 1 N–H and O–H groups in total. The molecule has 2 aromatic rings. The van der Waals surface area contributed by atoms with Crippen molar-refractivity contribution in [2.24, 2.45) is 0 Å². The van der Waals surface area contributed by atoms with Crippen LogP contribution in [0.2, 0.25) is 0 Å². The Kier molecular flexibility index (Phi) is 12.7. The van der Waals surface area contributed by atoms with Crippen molar-refractivity contribution in [1.82, 2.24) is 0 Å². The van der Waals surface area contributed by atoms with E-state index in [-0.39, 0.29) is 51.4 Å². The molecule has 0 aliphatic heterocycles. The van der Waals surface area contributed by atoms with Gasteiger partial charge < -0.3 is 9.84 Å². The van der Waals surface area contributed by atoms with E-state index in [4.69, 9.17) is 4.74 Å². The molecule has 7 heteroatoms. The molecule has 29 heavy (non-hydrogen) atoms. The average molecular weight is 445 g/mol. The van der Waals surface area contributed by atoms with E-state index < -0.39 is 20.8 Å². The SMILES string of the molecule is CCCCCCCCCCc1cc(S(=O)(=O)O)c([O-])cc1Oc1ccccc1.[K+]. The van der Waals surface area contributed by atoms with Gasteiger partial charge in [0.2, 0.25) is 0 Å². The van der Waals surface area contributed by atoms with Gasteiger partial charge in [-0.25, -0.2) is 0 Å². The number of unbranched alkanes of at least 4 members (excludes halogenated alkanes) is 7. The van der Waals surface area contributed by atoms with Gasteiger partial charge in [-0.2, -0.15) is 8.42 Å². The van der Waals surface area contributed by atoms with Crippen LogP contribution in [0.4, 0.5) is 0 Å². The molecule has 154 valence electrons. The number of hydrogen-bond acceptors (Lipinski definition) is 4. The molecule has 0 aliphatic carbocycles. The molecule has 0 spiro atoms. The van der Waals surface area contributed by atoms with E-state index >= 15 is 0 Å². The third-order valence-corrected chi connectivity index (χ3v) is 5.55. The van der Waals surface area contributed by atoms with E-state index in [1.807, 2.05) is 18.2 Å². The molecule has 0 atom stereocenters. The fourth-order valence-electron chi connectivity index (χ4n) is 3.14. The minimum absolute atomic E-state index is 0. The first-order valence-electron chi connectivity index (χ1n) is 9.96. The Balaban J connectivity index is 0.00000420. The summed E-state index contributed by atoms with van der Waals surface area (Å²) in [5.41, 5.74) is 0.613. The van der Waals surface area contributed by atoms with Crippen LogP contribution in [0.1, 0.15) is 63.9 Å². The van der Waals surface area contributed by atoms with Crippen molar-refractivity contribution < 1.29 is 74.2 Å². The monoisotopic (exact) mass is 444 g/mol. The van der Waals surface area contributed by atoms with E-state index in [0.717, 1.165) is 25.3 Å². The van der Waals surface area contributed by atoms with Gasteiger partial charge in [0.25, 0.3) is 10.1 Å². The van der Waals surface area contributed by atoms with Crippen LogP contribution in [0.5, 0.6) is 17.2 Å². The molecule has 0 aromatic heterocycles. The van der Waals surface area contributed by atoms with E-state index in [0.29, 0.717) is 23.5 Å². The molecule has 0 fully saturated rings. The topological polar surface area (TPSA) is 86.7 Å². The maximum atomic E-state index is 12.1. The average Bonchev–Trinajstić information content (AvgIpc) is 2.65. The van der Waals surface area contributed by atoms with Crippen LogP contribution in [0.15, 0.2) is 47.4 Å². The summed E-state index contributed by atoms with van der Waals surface area (Å²) >= 11 is 0. The Labute approximate surface area is 217 Å². The smallest absolute Gasteiger partial charge is 0.871 e. The predicted molar refractivity (Wildman–Crippen MR) is 109 cm³/mol. The molecule has 2 aromatic carbocycles. The van der Waals surface area contributed by atoms with Crippen LogP contribution >= 0.6 is 0 Å². The molecule has 0 aliphatic rings. The van der Waals surface area contributed by atoms with Crippen LogP contribution in [-0.4, -0.2) is 13.0 Å². The Bertz CT molecular complexity index is 838. The molecule has 0 radical (unpaired) electrons. The van der Waals surface area contributed by atoms with E-state index in [9.17, 15) is 18.1 Å². The van der Waals surface area contributed by atoms with Gasteiger partial charge in [0.15, 0.2) is 0 Å². The van der Waals surface area contributed by atoms with Crippen molar-refractivity contribution in [2.75, 3.05) is 0 Å². The first kappa shape index (κ1) is 26.6. The molecule has 0 saturated heterocycles. The Hall–Kier alpha value is -0.414. The molecular formula is C22H29KO5S. The molecule has 0 heterocycles. The summed E-state index contributed by atoms with van der Waals surface area (Å²) in [6.45, 7) is 2.20. The first-order valence-corrected chi connectivity index (χ1v) is 11.4. The molecule has 0 amide bonds. The van der Waals surface area contributed by atoms with Crippen molar-refractivity contribution in [3.05, 3.63) is 48.0 Å². The van der Waals surface area contributed by atoms with Gasteiger partial charge in [-0.05, 0) is 42.7 Å². The number of ether oxygens (including phenoxy) is 1. The normalized spacial score (nSPS) is 11.1. The number of rotatable bonds is 12. The minimum Gasteiger partial charge on any atom is -0.871 e. The predicted octanol–water partition coefficient (Wildman–Crippen LogP) is 2.49. The third kappa shape index (κ3) is 9.51. The number of hydrogen-bond donors (Lipinski definition) is 1. The molecule has 0 bridgehead atoms. The quantitative estimate of drug-likeness (QED) is 0.309. The summed E-state index contributed by atoms with van der Waals surface area (Å²) in [7, 11) is -4.56. The zero-order chi connectivity index (χ0) is 20.4.